The molecule has 0 aliphatic carbocycles. The number of carboxylic acids is 1. The summed E-state index contributed by atoms with van der Waals surface area (Å²) in [5.74, 6) is -1.26. The molecule has 104 valence electrons. The predicted molar refractivity (Wildman–Crippen MR) is 72.4 cm³/mol. The highest BCUT2D eigenvalue weighted by molar-refractivity contribution is 6.29. The molecular formula is C13H17ClN2O3. The Kier molecular flexibility index (Phi) is 5.76. The third-order valence-electron chi connectivity index (χ3n) is 2.72. The number of halogens is 1. The van der Waals surface area contributed by atoms with E-state index in [2.05, 4.69) is 10.3 Å². The van der Waals surface area contributed by atoms with E-state index < -0.39 is 5.97 Å². The van der Waals surface area contributed by atoms with Gasteiger partial charge in [-0.2, -0.15) is 0 Å². The zero-order chi connectivity index (χ0) is 14.4. The molecular weight excluding hydrogens is 268 g/mol. The van der Waals surface area contributed by atoms with E-state index in [-0.39, 0.29) is 23.5 Å². The van der Waals surface area contributed by atoms with Crippen molar-refractivity contribution >= 4 is 23.5 Å². The van der Waals surface area contributed by atoms with Crippen molar-refractivity contribution in [2.75, 3.05) is 0 Å². The maximum Gasteiger partial charge on any atom is 0.305 e. The summed E-state index contributed by atoms with van der Waals surface area (Å²) >= 11 is 5.84. The highest BCUT2D eigenvalue weighted by Gasteiger charge is 2.16. The van der Waals surface area contributed by atoms with E-state index in [4.69, 9.17) is 16.7 Å². The minimum atomic E-state index is -0.936. The maximum atomic E-state index is 12.0. The number of pyridine rings is 1. The van der Waals surface area contributed by atoms with Crippen LogP contribution in [0.2, 0.25) is 5.15 Å². The van der Waals surface area contributed by atoms with Gasteiger partial charge in [-0.3, -0.25) is 9.59 Å². The number of carbonyl (C=O) groups excluding carboxylic acids is 1. The minimum Gasteiger partial charge on any atom is -0.481 e. The largest absolute Gasteiger partial charge is 0.481 e. The molecule has 5 nitrogen and oxygen atoms in total. The summed E-state index contributed by atoms with van der Waals surface area (Å²) < 4.78 is 0. The number of hydrogen-bond donors (Lipinski definition) is 2. The van der Waals surface area contributed by atoms with E-state index in [1.165, 1.54) is 6.07 Å². The molecule has 2 N–H and O–H groups in total. The number of amides is 1. The van der Waals surface area contributed by atoms with Gasteiger partial charge in [0.2, 0.25) is 0 Å². The van der Waals surface area contributed by atoms with Crippen LogP contribution in [0.3, 0.4) is 0 Å². The molecule has 1 aromatic rings. The summed E-state index contributed by atoms with van der Waals surface area (Å²) in [4.78, 5) is 26.8. The zero-order valence-electron chi connectivity index (χ0n) is 10.9. The molecule has 1 amide bonds. The lowest BCUT2D eigenvalue weighted by atomic mass is 10.1. The van der Waals surface area contributed by atoms with Gasteiger partial charge in [-0.15, -0.1) is 0 Å². The van der Waals surface area contributed by atoms with Gasteiger partial charge in [0.15, 0.2) is 0 Å². The Bertz CT molecular complexity index is 477. The van der Waals surface area contributed by atoms with Crippen molar-refractivity contribution in [3.63, 3.8) is 0 Å². The van der Waals surface area contributed by atoms with Gasteiger partial charge < -0.3 is 10.4 Å². The summed E-state index contributed by atoms with van der Waals surface area (Å²) in [5.41, 5.74) is 1.13. The fourth-order valence-corrected chi connectivity index (χ4v) is 1.87. The topological polar surface area (TPSA) is 79.3 Å². The van der Waals surface area contributed by atoms with Crippen molar-refractivity contribution in [2.24, 2.45) is 0 Å². The fourth-order valence-electron chi connectivity index (χ4n) is 1.64. The van der Waals surface area contributed by atoms with Crippen molar-refractivity contribution < 1.29 is 14.7 Å². The molecule has 1 unspecified atom stereocenters. The van der Waals surface area contributed by atoms with Crippen LogP contribution in [0.5, 0.6) is 0 Å². The Hall–Kier alpha value is -1.62. The van der Waals surface area contributed by atoms with Crippen molar-refractivity contribution in [3.8, 4) is 0 Å². The van der Waals surface area contributed by atoms with E-state index in [1.54, 1.807) is 6.07 Å². The lowest BCUT2D eigenvalue weighted by Gasteiger charge is -2.15. The molecule has 0 radical (unpaired) electrons. The molecule has 0 fully saturated rings. The van der Waals surface area contributed by atoms with Gasteiger partial charge in [0.05, 0.1) is 6.42 Å². The third kappa shape index (κ3) is 4.87. The molecule has 19 heavy (non-hydrogen) atoms. The molecule has 1 atom stereocenters. The van der Waals surface area contributed by atoms with Crippen LogP contribution in [0, 0.1) is 0 Å². The lowest BCUT2D eigenvalue weighted by molar-refractivity contribution is -0.137. The van der Waals surface area contributed by atoms with Crippen molar-refractivity contribution in [3.05, 3.63) is 28.5 Å². The summed E-state index contributed by atoms with van der Waals surface area (Å²) in [7, 11) is 0. The van der Waals surface area contributed by atoms with E-state index in [9.17, 15) is 9.59 Å². The Labute approximate surface area is 117 Å². The third-order valence-corrected chi connectivity index (χ3v) is 2.91. The van der Waals surface area contributed by atoms with Crippen LogP contribution in [0.25, 0.3) is 0 Å². The number of carbonyl (C=O) groups is 2. The fraction of sp³-hybridized carbons (Fsp3) is 0.462. The van der Waals surface area contributed by atoms with E-state index in [0.717, 1.165) is 5.69 Å². The molecule has 0 saturated heterocycles. The first-order chi connectivity index (χ1) is 8.96. The van der Waals surface area contributed by atoms with Crippen LogP contribution in [0.4, 0.5) is 0 Å². The molecule has 0 spiro atoms. The zero-order valence-corrected chi connectivity index (χ0v) is 11.7. The SMILES string of the molecule is CCc1cc(C(=O)NC(CC)CC(=O)O)cc(Cl)n1. The van der Waals surface area contributed by atoms with Crippen LogP contribution < -0.4 is 5.32 Å². The number of nitrogens with zero attached hydrogens (tertiary/aromatic N) is 1. The smallest absolute Gasteiger partial charge is 0.305 e. The Morgan fingerprint density at radius 3 is 2.63 bits per heavy atom. The van der Waals surface area contributed by atoms with Crippen LogP contribution in [0.1, 0.15) is 42.7 Å². The lowest BCUT2D eigenvalue weighted by Crippen LogP contribution is -2.36. The Balaban J connectivity index is 2.82. The van der Waals surface area contributed by atoms with E-state index in [0.29, 0.717) is 18.4 Å². The van der Waals surface area contributed by atoms with Gasteiger partial charge in [-0.05, 0) is 25.0 Å². The number of carboxylic acid groups (broad SMARTS) is 1. The second-order valence-electron chi connectivity index (χ2n) is 4.20. The average molecular weight is 285 g/mol. The quantitative estimate of drug-likeness (QED) is 0.786. The number of rotatable bonds is 6. The van der Waals surface area contributed by atoms with Crippen LogP contribution >= 0.6 is 11.6 Å². The highest BCUT2D eigenvalue weighted by atomic mass is 35.5. The molecule has 0 aliphatic rings. The Morgan fingerprint density at radius 1 is 1.42 bits per heavy atom. The molecule has 1 heterocycles. The summed E-state index contributed by atoms with van der Waals surface area (Å²) in [6.07, 6.45) is 1.13. The molecule has 0 aromatic carbocycles. The first-order valence-corrected chi connectivity index (χ1v) is 6.53. The van der Waals surface area contributed by atoms with Crippen molar-refractivity contribution in [2.45, 2.75) is 39.2 Å². The second-order valence-corrected chi connectivity index (χ2v) is 4.59. The first-order valence-electron chi connectivity index (χ1n) is 6.15. The molecule has 0 aliphatic heterocycles. The normalized spacial score (nSPS) is 11.9. The summed E-state index contributed by atoms with van der Waals surface area (Å²) in [6.45, 7) is 3.74. The van der Waals surface area contributed by atoms with Crippen molar-refractivity contribution in [1.29, 1.82) is 0 Å². The van der Waals surface area contributed by atoms with E-state index >= 15 is 0 Å². The maximum absolute atomic E-state index is 12.0. The van der Waals surface area contributed by atoms with Gasteiger partial charge >= 0.3 is 5.97 Å². The molecule has 1 rings (SSSR count). The van der Waals surface area contributed by atoms with Gasteiger partial charge in [0, 0.05) is 17.3 Å². The van der Waals surface area contributed by atoms with Crippen molar-refractivity contribution in [1.82, 2.24) is 10.3 Å². The highest BCUT2D eigenvalue weighted by Crippen LogP contribution is 2.12. The molecule has 6 heteroatoms. The van der Waals surface area contributed by atoms with Gasteiger partial charge in [-0.1, -0.05) is 25.4 Å². The van der Waals surface area contributed by atoms with Crippen LogP contribution in [-0.2, 0) is 11.2 Å². The monoisotopic (exact) mass is 284 g/mol. The van der Waals surface area contributed by atoms with Crippen LogP contribution in [0.15, 0.2) is 12.1 Å². The standard InChI is InChI=1S/C13H17ClN2O3/c1-3-9-5-8(6-11(14)15-9)13(19)16-10(4-2)7-12(17)18/h5-6,10H,3-4,7H2,1-2H3,(H,16,19)(H,17,18). The van der Waals surface area contributed by atoms with Gasteiger partial charge in [-0.25, -0.2) is 4.98 Å². The van der Waals surface area contributed by atoms with Gasteiger partial charge in [0.1, 0.15) is 5.15 Å². The molecule has 1 aromatic heterocycles. The first kappa shape index (κ1) is 15.4. The Morgan fingerprint density at radius 2 is 2.11 bits per heavy atom. The van der Waals surface area contributed by atoms with Crippen LogP contribution in [-0.4, -0.2) is 28.0 Å². The number of nitrogens with one attached hydrogen (secondary N) is 1. The average Bonchev–Trinajstić information content (AvgIpc) is 2.36. The van der Waals surface area contributed by atoms with Gasteiger partial charge in [0.25, 0.3) is 5.91 Å². The number of hydrogen-bond acceptors (Lipinski definition) is 3. The number of aromatic nitrogens is 1. The molecule has 0 bridgehead atoms. The predicted octanol–water partition coefficient (Wildman–Crippen LogP) is 2.28. The number of aliphatic carboxylic acids is 1. The second kappa shape index (κ2) is 7.09. The summed E-state index contributed by atoms with van der Waals surface area (Å²) in [5, 5.41) is 11.7. The minimum absolute atomic E-state index is 0.0955. The van der Waals surface area contributed by atoms with E-state index in [1.807, 2.05) is 13.8 Å². The molecule has 0 saturated carbocycles. The summed E-state index contributed by atoms with van der Waals surface area (Å²) in [6, 6.07) is 2.75. The number of aryl methyl sites for hydroxylation is 1.